The standard InChI is InChI=1S/C21H24N2O2/c1-15-5-10-19(16(2)12-15)21(25)22-13-17-6-8-18(9-7-17)14-23-11-3-4-20(23)24/h5-10,12H,3-4,11,13-14H2,1-2H3,(H,22,25). The van der Waals surface area contributed by atoms with E-state index in [2.05, 4.69) is 5.32 Å². The zero-order chi connectivity index (χ0) is 17.8. The summed E-state index contributed by atoms with van der Waals surface area (Å²) in [4.78, 5) is 25.9. The molecule has 2 aromatic carbocycles. The lowest BCUT2D eigenvalue weighted by atomic mass is 10.1. The smallest absolute Gasteiger partial charge is 0.251 e. The Hall–Kier alpha value is -2.62. The lowest BCUT2D eigenvalue weighted by molar-refractivity contribution is -0.128. The fourth-order valence-corrected chi connectivity index (χ4v) is 3.20. The third kappa shape index (κ3) is 4.27. The van der Waals surface area contributed by atoms with Gasteiger partial charge in [-0.05, 0) is 43.0 Å². The van der Waals surface area contributed by atoms with Gasteiger partial charge in [0.15, 0.2) is 0 Å². The maximum Gasteiger partial charge on any atom is 0.251 e. The van der Waals surface area contributed by atoms with E-state index in [1.165, 1.54) is 0 Å². The summed E-state index contributed by atoms with van der Waals surface area (Å²) < 4.78 is 0. The average Bonchev–Trinajstić information content (AvgIpc) is 2.99. The van der Waals surface area contributed by atoms with Crippen LogP contribution in [0.1, 0.15) is 45.5 Å². The van der Waals surface area contributed by atoms with Gasteiger partial charge in [0, 0.05) is 31.6 Å². The first-order valence-corrected chi connectivity index (χ1v) is 8.74. The Morgan fingerprint density at radius 3 is 2.44 bits per heavy atom. The number of likely N-dealkylation sites (tertiary alicyclic amines) is 1. The zero-order valence-corrected chi connectivity index (χ0v) is 14.8. The number of aryl methyl sites for hydroxylation is 2. The molecule has 130 valence electrons. The normalized spacial score (nSPS) is 14.0. The van der Waals surface area contributed by atoms with Gasteiger partial charge in [-0.15, -0.1) is 0 Å². The molecule has 0 atom stereocenters. The highest BCUT2D eigenvalue weighted by Gasteiger charge is 2.19. The highest BCUT2D eigenvalue weighted by molar-refractivity contribution is 5.95. The van der Waals surface area contributed by atoms with Gasteiger partial charge in [0.1, 0.15) is 0 Å². The molecule has 3 rings (SSSR count). The van der Waals surface area contributed by atoms with E-state index in [1.54, 1.807) is 0 Å². The molecule has 0 spiro atoms. The third-order valence-electron chi connectivity index (χ3n) is 4.65. The Labute approximate surface area is 148 Å². The summed E-state index contributed by atoms with van der Waals surface area (Å²) in [5.74, 6) is 0.189. The number of carbonyl (C=O) groups excluding carboxylic acids is 2. The lowest BCUT2D eigenvalue weighted by Gasteiger charge is -2.15. The van der Waals surface area contributed by atoms with E-state index in [0.29, 0.717) is 19.5 Å². The van der Waals surface area contributed by atoms with E-state index in [1.807, 2.05) is 61.2 Å². The highest BCUT2D eigenvalue weighted by atomic mass is 16.2. The molecule has 0 aliphatic carbocycles. The van der Waals surface area contributed by atoms with Gasteiger partial charge in [-0.2, -0.15) is 0 Å². The van der Waals surface area contributed by atoms with Crippen LogP contribution in [0.5, 0.6) is 0 Å². The van der Waals surface area contributed by atoms with Crippen LogP contribution in [-0.4, -0.2) is 23.3 Å². The van der Waals surface area contributed by atoms with Crippen LogP contribution in [0.25, 0.3) is 0 Å². The first kappa shape index (κ1) is 17.2. The van der Waals surface area contributed by atoms with Crippen LogP contribution in [-0.2, 0) is 17.9 Å². The summed E-state index contributed by atoms with van der Waals surface area (Å²) in [5, 5.41) is 2.97. The number of hydrogen-bond donors (Lipinski definition) is 1. The van der Waals surface area contributed by atoms with E-state index < -0.39 is 0 Å². The highest BCUT2D eigenvalue weighted by Crippen LogP contribution is 2.15. The van der Waals surface area contributed by atoms with Crippen LogP contribution in [0, 0.1) is 13.8 Å². The minimum atomic E-state index is -0.0516. The number of carbonyl (C=O) groups is 2. The fraction of sp³-hybridized carbons (Fsp3) is 0.333. The second-order valence-electron chi connectivity index (χ2n) is 6.74. The first-order chi connectivity index (χ1) is 12.0. The lowest BCUT2D eigenvalue weighted by Crippen LogP contribution is -2.24. The van der Waals surface area contributed by atoms with Gasteiger partial charge in [-0.25, -0.2) is 0 Å². The third-order valence-corrected chi connectivity index (χ3v) is 4.65. The van der Waals surface area contributed by atoms with Crippen molar-refractivity contribution < 1.29 is 9.59 Å². The van der Waals surface area contributed by atoms with Crippen LogP contribution >= 0.6 is 0 Å². The zero-order valence-electron chi connectivity index (χ0n) is 14.8. The molecule has 0 aromatic heterocycles. The molecule has 2 aromatic rings. The molecule has 1 N–H and O–H groups in total. The van der Waals surface area contributed by atoms with E-state index in [-0.39, 0.29) is 11.8 Å². The quantitative estimate of drug-likeness (QED) is 0.910. The summed E-state index contributed by atoms with van der Waals surface area (Å²) in [6, 6.07) is 13.9. The Kier molecular flexibility index (Phi) is 5.17. The predicted molar refractivity (Wildman–Crippen MR) is 98.2 cm³/mol. The van der Waals surface area contributed by atoms with Crippen LogP contribution in [0.2, 0.25) is 0 Å². The fourth-order valence-electron chi connectivity index (χ4n) is 3.20. The molecule has 1 aliphatic heterocycles. The van der Waals surface area contributed by atoms with Crippen molar-refractivity contribution in [2.75, 3.05) is 6.54 Å². The van der Waals surface area contributed by atoms with Crippen molar-refractivity contribution in [3.63, 3.8) is 0 Å². The van der Waals surface area contributed by atoms with E-state index in [9.17, 15) is 9.59 Å². The van der Waals surface area contributed by atoms with Gasteiger partial charge in [0.2, 0.25) is 5.91 Å². The molecule has 0 saturated carbocycles. The van der Waals surface area contributed by atoms with Crippen molar-refractivity contribution in [2.45, 2.75) is 39.8 Å². The van der Waals surface area contributed by atoms with E-state index >= 15 is 0 Å². The van der Waals surface area contributed by atoms with Crippen molar-refractivity contribution in [2.24, 2.45) is 0 Å². The number of hydrogen-bond acceptors (Lipinski definition) is 2. The largest absolute Gasteiger partial charge is 0.348 e. The molecule has 4 heteroatoms. The summed E-state index contributed by atoms with van der Waals surface area (Å²) in [5.41, 5.74) is 5.04. The maximum absolute atomic E-state index is 12.3. The minimum absolute atomic E-state index is 0.0516. The Bertz CT molecular complexity index is 781. The second kappa shape index (κ2) is 7.51. The van der Waals surface area contributed by atoms with E-state index in [0.717, 1.165) is 40.8 Å². The molecule has 1 heterocycles. The number of benzene rings is 2. The second-order valence-corrected chi connectivity index (χ2v) is 6.74. The first-order valence-electron chi connectivity index (χ1n) is 8.74. The van der Waals surface area contributed by atoms with Crippen molar-refractivity contribution in [3.8, 4) is 0 Å². The van der Waals surface area contributed by atoms with Crippen molar-refractivity contribution in [1.82, 2.24) is 10.2 Å². The van der Waals surface area contributed by atoms with E-state index in [4.69, 9.17) is 0 Å². The summed E-state index contributed by atoms with van der Waals surface area (Å²) in [7, 11) is 0. The van der Waals surface area contributed by atoms with Gasteiger partial charge in [0.05, 0.1) is 0 Å². The Morgan fingerprint density at radius 1 is 1.08 bits per heavy atom. The predicted octanol–water partition coefficient (Wildman–Crippen LogP) is 3.36. The molecule has 0 bridgehead atoms. The molecule has 25 heavy (non-hydrogen) atoms. The molecule has 2 amide bonds. The maximum atomic E-state index is 12.3. The molecule has 0 unspecified atom stereocenters. The van der Waals surface area contributed by atoms with Crippen LogP contribution in [0.4, 0.5) is 0 Å². The monoisotopic (exact) mass is 336 g/mol. The SMILES string of the molecule is Cc1ccc(C(=O)NCc2ccc(CN3CCCC3=O)cc2)c(C)c1. The van der Waals surface area contributed by atoms with Crippen molar-refractivity contribution >= 4 is 11.8 Å². The van der Waals surface area contributed by atoms with Crippen LogP contribution < -0.4 is 5.32 Å². The molecule has 1 saturated heterocycles. The topological polar surface area (TPSA) is 49.4 Å². The molecule has 0 radical (unpaired) electrons. The van der Waals surface area contributed by atoms with Crippen LogP contribution in [0.15, 0.2) is 42.5 Å². The van der Waals surface area contributed by atoms with Gasteiger partial charge in [0.25, 0.3) is 5.91 Å². The molecule has 1 aliphatic rings. The summed E-state index contributed by atoms with van der Waals surface area (Å²) in [6.07, 6.45) is 1.63. The molecular formula is C21H24N2O2. The molecule has 4 nitrogen and oxygen atoms in total. The number of rotatable bonds is 5. The van der Waals surface area contributed by atoms with Crippen molar-refractivity contribution in [1.29, 1.82) is 0 Å². The summed E-state index contributed by atoms with van der Waals surface area (Å²) in [6.45, 7) is 6.00. The van der Waals surface area contributed by atoms with Gasteiger partial charge >= 0.3 is 0 Å². The average molecular weight is 336 g/mol. The number of nitrogens with one attached hydrogen (secondary N) is 1. The Morgan fingerprint density at radius 2 is 1.80 bits per heavy atom. The molecular weight excluding hydrogens is 312 g/mol. The van der Waals surface area contributed by atoms with Gasteiger partial charge < -0.3 is 10.2 Å². The van der Waals surface area contributed by atoms with Gasteiger partial charge in [-0.3, -0.25) is 9.59 Å². The Balaban J connectivity index is 1.56. The number of nitrogens with zero attached hydrogens (tertiary/aromatic N) is 1. The minimum Gasteiger partial charge on any atom is -0.348 e. The molecule has 1 fully saturated rings. The summed E-state index contributed by atoms with van der Waals surface area (Å²) >= 11 is 0. The van der Waals surface area contributed by atoms with Crippen molar-refractivity contribution in [3.05, 3.63) is 70.3 Å². The number of amides is 2. The van der Waals surface area contributed by atoms with Crippen LogP contribution in [0.3, 0.4) is 0 Å². The van der Waals surface area contributed by atoms with Gasteiger partial charge in [-0.1, -0.05) is 42.0 Å².